The highest BCUT2D eigenvalue weighted by molar-refractivity contribution is 5.97. The van der Waals surface area contributed by atoms with Gasteiger partial charge in [0.05, 0.1) is 11.3 Å². The number of fused-ring (bicyclic) bond motifs is 1. The number of carbonyl (C=O) groups excluding carboxylic acids is 2. The molecule has 0 bridgehead atoms. The number of hydrogen-bond donors (Lipinski definition) is 1. The fourth-order valence-electron chi connectivity index (χ4n) is 4.30. The van der Waals surface area contributed by atoms with Crippen LogP contribution in [0, 0.1) is 19.7 Å². The Balaban J connectivity index is 1.57. The molecular formula is C22H25FN4O3. The van der Waals surface area contributed by atoms with Crippen LogP contribution in [-0.4, -0.2) is 57.5 Å². The highest BCUT2D eigenvalue weighted by Gasteiger charge is 2.36. The van der Waals surface area contributed by atoms with Gasteiger partial charge in [-0.2, -0.15) is 5.10 Å². The topological polar surface area (TPSA) is 86.4 Å². The molecule has 1 aromatic heterocycles. The number of benzene rings is 1. The third-order valence-electron chi connectivity index (χ3n) is 6.25. The fraction of sp³-hybridized carbons (Fsp3) is 0.455. The average Bonchev–Trinajstić information content (AvgIpc) is 2.75. The number of piperidine rings is 1. The van der Waals surface area contributed by atoms with Crippen LogP contribution in [-0.2, 0) is 11.2 Å². The molecule has 2 amide bonds. The summed E-state index contributed by atoms with van der Waals surface area (Å²) < 4.78 is 14.5. The first-order valence-electron chi connectivity index (χ1n) is 10.3. The van der Waals surface area contributed by atoms with Crippen LogP contribution >= 0.6 is 0 Å². The smallest absolute Gasteiger partial charge is 0.267 e. The molecular weight excluding hydrogens is 387 g/mol. The van der Waals surface area contributed by atoms with E-state index in [1.54, 1.807) is 13.0 Å². The van der Waals surface area contributed by atoms with E-state index < -0.39 is 11.7 Å². The molecule has 0 spiro atoms. The number of halogens is 1. The highest BCUT2D eigenvalue weighted by atomic mass is 19.1. The molecule has 3 heterocycles. The third kappa shape index (κ3) is 3.74. The van der Waals surface area contributed by atoms with Crippen LogP contribution < -0.4 is 5.56 Å². The Morgan fingerprint density at radius 1 is 1.23 bits per heavy atom. The van der Waals surface area contributed by atoms with Crippen LogP contribution in [0.1, 0.15) is 52.0 Å². The molecule has 158 valence electrons. The van der Waals surface area contributed by atoms with Crippen molar-refractivity contribution < 1.29 is 14.0 Å². The van der Waals surface area contributed by atoms with Crippen molar-refractivity contribution >= 4 is 11.8 Å². The van der Waals surface area contributed by atoms with Crippen molar-refractivity contribution in [1.29, 1.82) is 0 Å². The van der Waals surface area contributed by atoms with Gasteiger partial charge >= 0.3 is 0 Å². The van der Waals surface area contributed by atoms with Crippen molar-refractivity contribution in [2.75, 3.05) is 19.6 Å². The second kappa shape index (κ2) is 8.01. The largest absolute Gasteiger partial charge is 0.336 e. The maximum absolute atomic E-state index is 14.5. The van der Waals surface area contributed by atoms with E-state index in [0.29, 0.717) is 29.8 Å². The van der Waals surface area contributed by atoms with Crippen LogP contribution in [0.4, 0.5) is 4.39 Å². The van der Waals surface area contributed by atoms with E-state index in [1.807, 2.05) is 11.8 Å². The van der Waals surface area contributed by atoms with Gasteiger partial charge < -0.3 is 9.80 Å². The van der Waals surface area contributed by atoms with Crippen LogP contribution in [0.2, 0.25) is 0 Å². The number of H-pyrrole nitrogens is 1. The van der Waals surface area contributed by atoms with E-state index in [4.69, 9.17) is 0 Å². The van der Waals surface area contributed by atoms with Gasteiger partial charge in [-0.15, -0.1) is 0 Å². The summed E-state index contributed by atoms with van der Waals surface area (Å²) >= 11 is 0. The number of hydrogen-bond acceptors (Lipinski definition) is 4. The van der Waals surface area contributed by atoms with Crippen molar-refractivity contribution in [3.8, 4) is 0 Å². The molecule has 1 aromatic carbocycles. The number of aromatic nitrogens is 2. The third-order valence-corrected chi connectivity index (χ3v) is 6.25. The first-order chi connectivity index (χ1) is 14.3. The van der Waals surface area contributed by atoms with Gasteiger partial charge in [0.25, 0.3) is 11.5 Å². The Labute approximate surface area is 173 Å². The molecule has 2 aromatic rings. The van der Waals surface area contributed by atoms with Gasteiger partial charge in [-0.05, 0) is 56.4 Å². The summed E-state index contributed by atoms with van der Waals surface area (Å²) in [6.45, 7) is 4.70. The lowest BCUT2D eigenvalue weighted by Crippen LogP contribution is -2.59. The number of aromatic amines is 1. The Morgan fingerprint density at radius 2 is 2.03 bits per heavy atom. The van der Waals surface area contributed by atoms with Gasteiger partial charge in [0.1, 0.15) is 12.4 Å². The van der Waals surface area contributed by atoms with E-state index in [0.717, 1.165) is 31.4 Å². The normalized spacial score (nSPS) is 19.0. The zero-order valence-corrected chi connectivity index (χ0v) is 17.2. The second-order valence-electron chi connectivity index (χ2n) is 8.16. The number of nitrogens with zero attached hydrogens (tertiary/aromatic N) is 3. The zero-order valence-electron chi connectivity index (χ0n) is 17.2. The van der Waals surface area contributed by atoms with Gasteiger partial charge in [0.2, 0.25) is 5.91 Å². The lowest BCUT2D eigenvalue weighted by Gasteiger charge is -2.43. The van der Waals surface area contributed by atoms with Gasteiger partial charge in [-0.25, -0.2) is 9.49 Å². The van der Waals surface area contributed by atoms with Gasteiger partial charge in [0.15, 0.2) is 0 Å². The predicted molar refractivity (Wildman–Crippen MR) is 109 cm³/mol. The number of piperazine rings is 1. The molecule has 1 N–H and O–H groups in total. The van der Waals surface area contributed by atoms with Crippen molar-refractivity contribution in [1.82, 2.24) is 20.0 Å². The molecule has 30 heavy (non-hydrogen) atoms. The van der Waals surface area contributed by atoms with Crippen molar-refractivity contribution in [2.24, 2.45) is 0 Å². The Hall–Kier alpha value is -3.03. The minimum Gasteiger partial charge on any atom is -0.336 e. The number of amides is 2. The number of carbonyl (C=O) groups is 2. The summed E-state index contributed by atoms with van der Waals surface area (Å²) in [6.07, 6.45) is 3.25. The molecule has 0 unspecified atom stereocenters. The molecule has 2 aliphatic heterocycles. The van der Waals surface area contributed by atoms with Crippen molar-refractivity contribution in [3.63, 3.8) is 0 Å². The zero-order chi connectivity index (χ0) is 21.4. The Morgan fingerprint density at radius 3 is 2.83 bits per heavy atom. The van der Waals surface area contributed by atoms with Gasteiger partial charge in [-0.3, -0.25) is 14.4 Å². The molecule has 2 saturated heterocycles. The lowest BCUT2D eigenvalue weighted by atomic mass is 9.98. The molecule has 8 heteroatoms. The number of nitrogens with one attached hydrogen (secondary N) is 1. The SMILES string of the molecule is Cc1c(Cc2ccc(F)c(C(=O)N3CC(=O)N4CCCC[C@@H]4C3)c2)n[nH]c(=O)c1C. The summed E-state index contributed by atoms with van der Waals surface area (Å²) in [5.74, 6) is -1.14. The maximum atomic E-state index is 14.5. The summed E-state index contributed by atoms with van der Waals surface area (Å²) in [5, 5.41) is 6.56. The molecule has 0 aliphatic carbocycles. The van der Waals surface area contributed by atoms with E-state index in [9.17, 15) is 18.8 Å². The lowest BCUT2D eigenvalue weighted by molar-refractivity contribution is -0.140. The Bertz CT molecular complexity index is 1060. The van der Waals surface area contributed by atoms with E-state index >= 15 is 0 Å². The first-order valence-corrected chi connectivity index (χ1v) is 10.3. The molecule has 4 rings (SSSR count). The quantitative estimate of drug-likeness (QED) is 0.835. The molecule has 1 atom stereocenters. The maximum Gasteiger partial charge on any atom is 0.267 e. The fourth-order valence-corrected chi connectivity index (χ4v) is 4.30. The van der Waals surface area contributed by atoms with E-state index in [1.165, 1.54) is 17.0 Å². The first kappa shape index (κ1) is 20.3. The van der Waals surface area contributed by atoms with Crippen molar-refractivity contribution in [2.45, 2.75) is 45.6 Å². The van der Waals surface area contributed by atoms with Crippen LogP contribution in [0.5, 0.6) is 0 Å². The standard InChI is InChI=1S/C22H25FN4O3/c1-13-14(2)21(29)25-24-19(13)10-15-6-7-18(23)17(9-15)22(30)26-11-16-5-3-4-8-27(16)20(28)12-26/h6-7,9,16H,3-5,8,10-12H2,1-2H3,(H,25,29)/t16-/m1/s1. The van der Waals surface area contributed by atoms with Gasteiger partial charge in [0, 0.05) is 31.1 Å². The minimum atomic E-state index is -0.607. The van der Waals surface area contributed by atoms with Crippen molar-refractivity contribution in [3.05, 3.63) is 62.3 Å². The molecule has 2 fully saturated rings. The monoisotopic (exact) mass is 412 g/mol. The molecule has 0 radical (unpaired) electrons. The molecule has 0 saturated carbocycles. The summed E-state index contributed by atoms with van der Waals surface area (Å²) in [5.41, 5.74) is 2.46. The van der Waals surface area contributed by atoms with E-state index in [2.05, 4.69) is 10.2 Å². The average molecular weight is 412 g/mol. The van der Waals surface area contributed by atoms with E-state index in [-0.39, 0.29) is 29.6 Å². The van der Waals surface area contributed by atoms with Crippen LogP contribution in [0.25, 0.3) is 0 Å². The summed E-state index contributed by atoms with van der Waals surface area (Å²) in [7, 11) is 0. The highest BCUT2D eigenvalue weighted by Crippen LogP contribution is 2.24. The second-order valence-corrected chi connectivity index (χ2v) is 8.16. The summed E-state index contributed by atoms with van der Waals surface area (Å²) in [6, 6.07) is 4.43. The van der Waals surface area contributed by atoms with Crippen LogP contribution in [0.3, 0.4) is 0 Å². The predicted octanol–water partition coefficient (Wildman–Crippen LogP) is 1.95. The minimum absolute atomic E-state index is 0.0151. The van der Waals surface area contributed by atoms with Crippen LogP contribution in [0.15, 0.2) is 23.0 Å². The van der Waals surface area contributed by atoms with Gasteiger partial charge in [-0.1, -0.05) is 6.07 Å². The summed E-state index contributed by atoms with van der Waals surface area (Å²) in [4.78, 5) is 40.5. The molecule has 7 nitrogen and oxygen atoms in total. The number of rotatable bonds is 3. The Kier molecular flexibility index (Phi) is 5.40. The molecule has 2 aliphatic rings.